The van der Waals surface area contributed by atoms with E-state index in [1.165, 1.54) is 25.4 Å². The maximum absolute atomic E-state index is 14.7. The maximum Gasteiger partial charge on any atom is 0.251 e. The fourth-order valence-corrected chi connectivity index (χ4v) is 4.04. The Kier molecular flexibility index (Phi) is 9.01. The Morgan fingerprint density at radius 2 is 1.97 bits per heavy atom. The number of aromatic nitrogens is 3. The molecule has 2 aromatic carbocycles. The van der Waals surface area contributed by atoms with Crippen LogP contribution < -0.4 is 21.1 Å². The highest BCUT2D eigenvalue weighted by Crippen LogP contribution is 2.31. The van der Waals surface area contributed by atoms with Gasteiger partial charge in [-0.1, -0.05) is 6.92 Å². The number of anilines is 2. The number of nitrogens with one attached hydrogen (secondary N) is 2. The number of hydrogen-bond donors (Lipinski definition) is 3. The van der Waals surface area contributed by atoms with Crippen molar-refractivity contribution in [1.29, 1.82) is 0 Å². The predicted octanol–water partition coefficient (Wildman–Crippen LogP) is 4.88. The Balaban J connectivity index is 0.00000380. The van der Waals surface area contributed by atoms with E-state index in [1.54, 1.807) is 28.9 Å². The molecule has 11 heteroatoms. The number of amides is 1. The number of rotatable bonds is 9. The Hall–Kier alpha value is -3.76. The summed E-state index contributed by atoms with van der Waals surface area (Å²) in [7, 11) is 1.28. The summed E-state index contributed by atoms with van der Waals surface area (Å²) in [4.78, 5) is 21.5. The topological polar surface area (TPSA) is 107 Å². The van der Waals surface area contributed by atoms with Crippen LogP contribution in [0, 0.1) is 11.6 Å². The molecule has 1 atom stereocenters. The Labute approximate surface area is 219 Å². The molecule has 0 aliphatic carbocycles. The minimum Gasteiger partial charge on any atom is -0.494 e. The van der Waals surface area contributed by atoms with E-state index in [-0.39, 0.29) is 35.7 Å². The van der Waals surface area contributed by atoms with Gasteiger partial charge in [0.25, 0.3) is 5.91 Å². The second-order valence-electron chi connectivity index (χ2n) is 8.36. The van der Waals surface area contributed by atoms with Gasteiger partial charge in [-0.3, -0.25) is 9.20 Å². The van der Waals surface area contributed by atoms with E-state index < -0.39 is 11.6 Å². The fourth-order valence-electron chi connectivity index (χ4n) is 4.04. The number of carbonyl (C=O) groups excluding carboxylic acids is 1. The van der Waals surface area contributed by atoms with Crippen LogP contribution in [0.5, 0.6) is 5.75 Å². The van der Waals surface area contributed by atoms with Crippen LogP contribution in [0.25, 0.3) is 16.9 Å². The lowest BCUT2D eigenvalue weighted by Crippen LogP contribution is -2.34. The SMILES string of the molecule is CCc1cc(Nc2nccn3c(-c4ccc(OC)c(F)c4F)cnc23)ccc1C(=O)NC(C)CCN.Cl. The van der Waals surface area contributed by atoms with E-state index in [4.69, 9.17) is 10.5 Å². The van der Waals surface area contributed by atoms with Crippen molar-refractivity contribution in [2.24, 2.45) is 5.73 Å². The van der Waals surface area contributed by atoms with Gasteiger partial charge >= 0.3 is 0 Å². The lowest BCUT2D eigenvalue weighted by Gasteiger charge is -2.16. The number of nitrogens with two attached hydrogens (primary N) is 1. The summed E-state index contributed by atoms with van der Waals surface area (Å²) in [5.74, 6) is -1.98. The zero-order valence-corrected chi connectivity index (χ0v) is 21.5. The van der Waals surface area contributed by atoms with E-state index in [0.29, 0.717) is 47.8 Å². The number of hydrogen-bond acceptors (Lipinski definition) is 6. The van der Waals surface area contributed by atoms with E-state index >= 15 is 0 Å². The van der Waals surface area contributed by atoms with Gasteiger partial charge in [0.15, 0.2) is 23.0 Å². The molecular weight excluding hydrogens is 502 g/mol. The molecule has 0 aliphatic rings. The summed E-state index contributed by atoms with van der Waals surface area (Å²) < 4.78 is 35.5. The first-order valence-corrected chi connectivity index (χ1v) is 11.6. The van der Waals surface area contributed by atoms with Crippen LogP contribution in [0.15, 0.2) is 48.9 Å². The van der Waals surface area contributed by atoms with Crippen molar-refractivity contribution in [3.05, 3.63) is 71.7 Å². The van der Waals surface area contributed by atoms with Crippen LogP contribution >= 0.6 is 12.4 Å². The number of nitrogens with zero attached hydrogens (tertiary/aromatic N) is 3. The highest BCUT2D eigenvalue weighted by Gasteiger charge is 2.19. The van der Waals surface area contributed by atoms with Crippen LogP contribution in [-0.2, 0) is 6.42 Å². The molecule has 0 saturated carbocycles. The quantitative estimate of drug-likeness (QED) is 0.285. The van der Waals surface area contributed by atoms with Gasteiger partial charge in [-0.25, -0.2) is 14.4 Å². The smallest absolute Gasteiger partial charge is 0.251 e. The number of carbonyl (C=O) groups is 1. The summed E-state index contributed by atoms with van der Waals surface area (Å²) in [6, 6.07) is 8.23. The molecule has 4 N–H and O–H groups in total. The molecule has 0 aliphatic heterocycles. The summed E-state index contributed by atoms with van der Waals surface area (Å²) in [6.45, 7) is 4.39. The average molecular weight is 531 g/mol. The predicted molar refractivity (Wildman–Crippen MR) is 142 cm³/mol. The zero-order valence-electron chi connectivity index (χ0n) is 20.7. The van der Waals surface area contributed by atoms with Crippen LogP contribution in [0.3, 0.4) is 0 Å². The summed E-state index contributed by atoms with van der Waals surface area (Å²) in [5, 5.41) is 6.20. The Bertz CT molecular complexity index is 1410. The molecule has 0 radical (unpaired) electrons. The van der Waals surface area contributed by atoms with E-state index in [1.807, 2.05) is 19.9 Å². The van der Waals surface area contributed by atoms with E-state index in [2.05, 4.69) is 20.6 Å². The van der Waals surface area contributed by atoms with Crippen LogP contribution in [0.2, 0.25) is 0 Å². The minimum absolute atomic E-state index is 0. The van der Waals surface area contributed by atoms with Crippen molar-refractivity contribution in [1.82, 2.24) is 19.7 Å². The molecule has 8 nitrogen and oxygen atoms in total. The largest absolute Gasteiger partial charge is 0.494 e. The summed E-state index contributed by atoms with van der Waals surface area (Å²) >= 11 is 0. The first-order chi connectivity index (χ1) is 17.4. The van der Waals surface area contributed by atoms with Crippen molar-refractivity contribution >= 4 is 35.5 Å². The standard InChI is InChI=1S/C26H28F2N6O2.ClH/c1-4-16-13-17(5-6-18(16)26(35)32-15(2)9-10-29)33-24-25-31-14-20(34(25)12-11-30-24)19-7-8-21(36-3)23(28)22(19)27;/h5-8,11-15H,4,9-10,29H2,1-3H3,(H,30,33)(H,32,35);1H. The number of benzene rings is 2. The molecule has 1 unspecified atom stereocenters. The Morgan fingerprint density at radius 1 is 1.19 bits per heavy atom. The highest BCUT2D eigenvalue weighted by molar-refractivity contribution is 5.96. The number of aryl methyl sites for hydroxylation is 1. The van der Waals surface area contributed by atoms with Gasteiger partial charge < -0.3 is 21.1 Å². The maximum atomic E-state index is 14.7. The number of ether oxygens (including phenoxy) is 1. The minimum atomic E-state index is -1.06. The lowest BCUT2D eigenvalue weighted by molar-refractivity contribution is 0.0938. The fraction of sp³-hybridized carbons (Fsp3) is 0.269. The van der Waals surface area contributed by atoms with Crippen molar-refractivity contribution in [2.75, 3.05) is 19.0 Å². The van der Waals surface area contributed by atoms with Gasteiger partial charge in [0.2, 0.25) is 5.82 Å². The first kappa shape index (κ1) is 27.8. The number of imidazole rings is 1. The molecule has 0 fully saturated rings. The third-order valence-electron chi connectivity index (χ3n) is 5.94. The normalized spacial score (nSPS) is 11.6. The molecule has 4 rings (SSSR count). The number of halogens is 3. The molecule has 1 amide bonds. The molecule has 2 aromatic heterocycles. The highest BCUT2D eigenvalue weighted by atomic mass is 35.5. The molecule has 2 heterocycles. The van der Waals surface area contributed by atoms with Gasteiger partial charge in [-0.15, -0.1) is 12.4 Å². The zero-order chi connectivity index (χ0) is 25.8. The van der Waals surface area contributed by atoms with Crippen LogP contribution in [0.4, 0.5) is 20.3 Å². The second kappa shape index (κ2) is 12.0. The molecular formula is C26H29ClF2N6O2. The van der Waals surface area contributed by atoms with E-state index in [0.717, 1.165) is 5.56 Å². The van der Waals surface area contributed by atoms with Crippen molar-refractivity contribution in [3.63, 3.8) is 0 Å². The van der Waals surface area contributed by atoms with Crippen LogP contribution in [-0.4, -0.2) is 40.0 Å². The van der Waals surface area contributed by atoms with Gasteiger partial charge in [-0.05, 0) is 62.2 Å². The average Bonchev–Trinajstić information content (AvgIpc) is 3.30. The first-order valence-electron chi connectivity index (χ1n) is 11.6. The monoisotopic (exact) mass is 530 g/mol. The summed E-state index contributed by atoms with van der Waals surface area (Å²) in [5.41, 5.74) is 8.59. The third-order valence-corrected chi connectivity index (χ3v) is 5.94. The Morgan fingerprint density at radius 3 is 2.68 bits per heavy atom. The number of methoxy groups -OCH3 is 1. The van der Waals surface area contributed by atoms with E-state index in [9.17, 15) is 13.6 Å². The van der Waals surface area contributed by atoms with Gasteiger partial charge in [-0.2, -0.15) is 4.39 Å². The van der Waals surface area contributed by atoms with Gasteiger partial charge in [0.05, 0.1) is 19.0 Å². The molecule has 196 valence electrons. The van der Waals surface area contributed by atoms with Gasteiger partial charge in [0.1, 0.15) is 0 Å². The number of fused-ring (bicyclic) bond motifs is 1. The van der Waals surface area contributed by atoms with Crippen LogP contribution in [0.1, 0.15) is 36.2 Å². The third kappa shape index (κ3) is 5.65. The molecule has 0 saturated heterocycles. The summed E-state index contributed by atoms with van der Waals surface area (Å²) in [6.07, 6.45) is 5.97. The van der Waals surface area contributed by atoms with Crippen molar-refractivity contribution in [2.45, 2.75) is 32.7 Å². The molecule has 0 spiro atoms. The van der Waals surface area contributed by atoms with Gasteiger partial charge in [0, 0.05) is 35.2 Å². The molecule has 37 heavy (non-hydrogen) atoms. The molecule has 0 bridgehead atoms. The van der Waals surface area contributed by atoms with Crippen molar-refractivity contribution in [3.8, 4) is 17.0 Å². The second-order valence-corrected chi connectivity index (χ2v) is 8.36. The van der Waals surface area contributed by atoms with Crippen molar-refractivity contribution < 1.29 is 18.3 Å². The lowest BCUT2D eigenvalue weighted by atomic mass is 10.0. The molecule has 4 aromatic rings.